The van der Waals surface area contributed by atoms with Crippen molar-refractivity contribution in [1.29, 1.82) is 0 Å². The monoisotopic (exact) mass is 342 g/mol. The lowest BCUT2D eigenvalue weighted by Crippen LogP contribution is -2.27. The van der Waals surface area contributed by atoms with E-state index in [1.54, 1.807) is 45.0 Å². The predicted octanol–water partition coefficient (Wildman–Crippen LogP) is 3.80. The summed E-state index contributed by atoms with van der Waals surface area (Å²) < 4.78 is 15.5. The minimum Gasteiger partial charge on any atom is -0.489 e. The number of aldehydes is 1. The number of ether oxygens (including phenoxy) is 3. The Hall–Kier alpha value is -2.82. The highest BCUT2D eigenvalue weighted by atomic mass is 16.6. The van der Waals surface area contributed by atoms with Gasteiger partial charge in [-0.3, -0.25) is 4.79 Å². The van der Waals surface area contributed by atoms with Crippen LogP contribution in [0.15, 0.2) is 48.5 Å². The normalized spacial score (nSPS) is 11.6. The minimum atomic E-state index is -0.537. The maximum atomic E-state index is 11.4. The van der Waals surface area contributed by atoms with Crippen molar-refractivity contribution in [2.24, 2.45) is 0 Å². The Morgan fingerprint density at radius 2 is 1.80 bits per heavy atom. The molecular weight excluding hydrogens is 320 g/mol. The highest BCUT2D eigenvalue weighted by Gasteiger charge is 2.16. The van der Waals surface area contributed by atoms with E-state index in [0.717, 1.165) is 12.4 Å². The van der Waals surface area contributed by atoms with E-state index in [9.17, 15) is 9.59 Å². The quantitative estimate of drug-likeness (QED) is 0.625. The SMILES string of the molecule is CC(C)(C)OC(=O)COc1ccccc1C=O.c1cc2ccc1CO2. The molecule has 4 rings (SSSR count). The van der Waals surface area contributed by atoms with Crippen LogP contribution in [0.5, 0.6) is 11.5 Å². The second kappa shape index (κ2) is 8.33. The summed E-state index contributed by atoms with van der Waals surface area (Å²) in [6.45, 7) is 5.91. The van der Waals surface area contributed by atoms with Crippen LogP contribution in [0.2, 0.25) is 0 Å². The van der Waals surface area contributed by atoms with Gasteiger partial charge in [-0.1, -0.05) is 24.3 Å². The summed E-state index contributed by atoms with van der Waals surface area (Å²) in [6.07, 6.45) is 0.685. The Labute approximate surface area is 147 Å². The van der Waals surface area contributed by atoms with Gasteiger partial charge >= 0.3 is 5.97 Å². The molecule has 0 unspecified atom stereocenters. The second-order valence-corrected chi connectivity index (χ2v) is 6.46. The Morgan fingerprint density at radius 3 is 2.24 bits per heavy atom. The van der Waals surface area contributed by atoms with Crippen LogP contribution in [-0.2, 0) is 16.1 Å². The molecule has 2 bridgehead atoms. The molecule has 132 valence electrons. The van der Waals surface area contributed by atoms with Crippen LogP contribution in [0.1, 0.15) is 36.7 Å². The number of carbonyl (C=O) groups excluding carboxylic acids is 2. The number of hydrogen-bond acceptors (Lipinski definition) is 5. The number of benzene rings is 2. The highest BCUT2D eigenvalue weighted by molar-refractivity contribution is 5.79. The van der Waals surface area contributed by atoms with E-state index in [4.69, 9.17) is 14.2 Å². The van der Waals surface area contributed by atoms with Crippen LogP contribution in [0, 0.1) is 0 Å². The van der Waals surface area contributed by atoms with E-state index in [1.807, 2.05) is 12.1 Å². The van der Waals surface area contributed by atoms with Gasteiger partial charge in [-0.15, -0.1) is 0 Å². The van der Waals surface area contributed by atoms with Gasteiger partial charge in [0.15, 0.2) is 12.9 Å². The first kappa shape index (κ1) is 18.5. The molecule has 0 saturated carbocycles. The molecule has 5 nitrogen and oxygen atoms in total. The molecule has 25 heavy (non-hydrogen) atoms. The molecule has 0 atom stereocenters. The smallest absolute Gasteiger partial charge is 0.344 e. The highest BCUT2D eigenvalue weighted by Crippen LogP contribution is 2.19. The van der Waals surface area contributed by atoms with Crippen molar-refractivity contribution in [3.05, 3.63) is 59.7 Å². The van der Waals surface area contributed by atoms with Crippen molar-refractivity contribution < 1.29 is 23.8 Å². The van der Waals surface area contributed by atoms with Gasteiger partial charge in [0.05, 0.1) is 5.56 Å². The molecule has 0 fully saturated rings. The molecule has 5 heteroatoms. The van der Waals surface area contributed by atoms with E-state index >= 15 is 0 Å². The van der Waals surface area contributed by atoms with Crippen LogP contribution >= 0.6 is 0 Å². The maximum Gasteiger partial charge on any atom is 0.344 e. The van der Waals surface area contributed by atoms with E-state index in [-0.39, 0.29) is 6.61 Å². The Kier molecular flexibility index (Phi) is 6.17. The fraction of sp³-hybridized carbons (Fsp3) is 0.300. The Balaban J connectivity index is 0.000000230. The van der Waals surface area contributed by atoms with Gasteiger partial charge in [0.25, 0.3) is 0 Å². The Morgan fingerprint density at radius 1 is 1.12 bits per heavy atom. The fourth-order valence-corrected chi connectivity index (χ4v) is 2.07. The van der Waals surface area contributed by atoms with Gasteiger partial charge in [-0.25, -0.2) is 4.79 Å². The summed E-state index contributed by atoms with van der Waals surface area (Å²) in [7, 11) is 0. The number of carbonyl (C=O) groups is 2. The zero-order chi connectivity index (χ0) is 18.3. The van der Waals surface area contributed by atoms with Crippen LogP contribution in [0.3, 0.4) is 0 Å². The van der Waals surface area contributed by atoms with E-state index in [2.05, 4.69) is 12.1 Å². The fourth-order valence-electron chi connectivity index (χ4n) is 2.07. The number of fused-ring (bicyclic) bond motifs is 3. The standard InChI is InChI=1S/C13H16O4.C7H6O/c1-13(2,3)17-12(15)9-16-11-7-5-4-6-10(11)8-14;1-3-7-4-2-6(1)5-8-7/h4-8H,9H2,1-3H3;1-4H,5H2. The molecule has 0 saturated heterocycles. The predicted molar refractivity (Wildman–Crippen MR) is 93.9 cm³/mol. The first-order valence-electron chi connectivity index (χ1n) is 7.98. The van der Waals surface area contributed by atoms with Crippen molar-refractivity contribution in [3.8, 4) is 11.5 Å². The van der Waals surface area contributed by atoms with Gasteiger partial charge in [-0.05, 0) is 50.6 Å². The third-order valence-corrected chi connectivity index (χ3v) is 3.14. The van der Waals surface area contributed by atoms with Crippen molar-refractivity contribution in [2.75, 3.05) is 6.61 Å². The van der Waals surface area contributed by atoms with Crippen molar-refractivity contribution in [3.63, 3.8) is 0 Å². The third kappa shape index (κ3) is 6.30. The van der Waals surface area contributed by atoms with Gasteiger partial charge in [-0.2, -0.15) is 0 Å². The van der Waals surface area contributed by atoms with E-state index < -0.39 is 11.6 Å². The lowest BCUT2D eigenvalue weighted by atomic mass is 10.2. The molecule has 0 radical (unpaired) electrons. The number of para-hydroxylation sites is 1. The molecule has 0 N–H and O–H groups in total. The molecule has 0 aliphatic carbocycles. The Bertz CT molecular complexity index is 691. The van der Waals surface area contributed by atoms with Crippen molar-refractivity contribution in [1.82, 2.24) is 0 Å². The largest absolute Gasteiger partial charge is 0.489 e. The second-order valence-electron chi connectivity index (χ2n) is 6.46. The van der Waals surface area contributed by atoms with E-state index in [0.29, 0.717) is 17.6 Å². The van der Waals surface area contributed by atoms with Gasteiger partial charge in [0.1, 0.15) is 23.7 Å². The molecule has 2 heterocycles. The first-order valence-corrected chi connectivity index (χ1v) is 7.98. The summed E-state index contributed by atoms with van der Waals surface area (Å²) in [5.74, 6) is 0.909. The molecule has 2 aromatic rings. The molecule has 2 aliphatic heterocycles. The average Bonchev–Trinajstić information content (AvgIpc) is 2.61. The van der Waals surface area contributed by atoms with Gasteiger partial charge in [0, 0.05) is 0 Å². The zero-order valence-electron chi connectivity index (χ0n) is 14.7. The van der Waals surface area contributed by atoms with Crippen LogP contribution in [0.25, 0.3) is 0 Å². The molecule has 2 aliphatic rings. The summed E-state index contributed by atoms with van der Waals surface area (Å²) in [5.41, 5.74) is 1.14. The number of hydrogen-bond donors (Lipinski definition) is 0. The molecule has 0 aromatic heterocycles. The number of esters is 1. The third-order valence-electron chi connectivity index (χ3n) is 3.14. The minimum absolute atomic E-state index is 0.206. The number of rotatable bonds is 4. The topological polar surface area (TPSA) is 61.8 Å². The summed E-state index contributed by atoms with van der Waals surface area (Å²) in [4.78, 5) is 22.1. The molecule has 0 amide bonds. The molecule has 2 aromatic carbocycles. The summed E-state index contributed by atoms with van der Waals surface area (Å²) in [5, 5.41) is 0. The van der Waals surface area contributed by atoms with E-state index in [1.165, 1.54) is 5.56 Å². The lowest BCUT2D eigenvalue weighted by molar-refractivity contribution is -0.157. The van der Waals surface area contributed by atoms with Crippen LogP contribution in [0.4, 0.5) is 0 Å². The molecule has 0 spiro atoms. The van der Waals surface area contributed by atoms with Crippen molar-refractivity contribution >= 4 is 12.3 Å². The first-order chi connectivity index (χ1) is 11.9. The maximum absolute atomic E-state index is 11.4. The zero-order valence-corrected chi connectivity index (χ0v) is 14.7. The summed E-state index contributed by atoms with van der Waals surface area (Å²) in [6, 6.07) is 14.8. The van der Waals surface area contributed by atoms with Crippen LogP contribution in [-0.4, -0.2) is 24.5 Å². The van der Waals surface area contributed by atoms with Gasteiger partial charge in [0.2, 0.25) is 0 Å². The summed E-state index contributed by atoms with van der Waals surface area (Å²) >= 11 is 0. The molecular formula is C20H22O5. The van der Waals surface area contributed by atoms with Crippen LogP contribution < -0.4 is 9.47 Å². The van der Waals surface area contributed by atoms with Gasteiger partial charge < -0.3 is 14.2 Å². The average molecular weight is 342 g/mol. The van der Waals surface area contributed by atoms with Crippen molar-refractivity contribution in [2.45, 2.75) is 33.0 Å². The lowest BCUT2D eigenvalue weighted by Gasteiger charge is -2.19.